The van der Waals surface area contributed by atoms with Crippen molar-refractivity contribution in [2.75, 3.05) is 0 Å². The molecule has 0 unspecified atom stereocenters. The highest BCUT2D eigenvalue weighted by Crippen LogP contribution is 2.26. The van der Waals surface area contributed by atoms with Gasteiger partial charge in [0.05, 0.1) is 4.88 Å². The van der Waals surface area contributed by atoms with Crippen molar-refractivity contribution >= 4 is 27.2 Å². The molecule has 82 valence electrons. The molecule has 0 bridgehead atoms. The van der Waals surface area contributed by atoms with Crippen LogP contribution in [0.15, 0.2) is 60.7 Å². The molecule has 2 heteroatoms. The van der Waals surface area contributed by atoms with Crippen LogP contribution in [0.2, 0.25) is 0 Å². The van der Waals surface area contributed by atoms with Gasteiger partial charge in [-0.05, 0) is 17.5 Å². The second kappa shape index (κ2) is 4.15. The molecule has 3 aromatic rings. The quantitative estimate of drug-likeness (QED) is 0.613. The monoisotopic (exact) mass is 238 g/mol. The molecule has 0 aliphatic carbocycles. The Balaban J connectivity index is 2.07. The van der Waals surface area contributed by atoms with Crippen molar-refractivity contribution in [2.24, 2.45) is 0 Å². The van der Waals surface area contributed by atoms with Gasteiger partial charge in [-0.3, -0.25) is 4.79 Å². The van der Waals surface area contributed by atoms with Crippen LogP contribution in [0.25, 0.3) is 10.1 Å². The zero-order valence-corrected chi connectivity index (χ0v) is 9.91. The van der Waals surface area contributed by atoms with E-state index < -0.39 is 0 Å². The molecule has 1 aromatic heterocycles. The number of carbonyl (C=O) groups is 1. The maximum Gasteiger partial charge on any atom is 0.202 e. The van der Waals surface area contributed by atoms with E-state index in [1.807, 2.05) is 60.7 Å². The number of fused-ring (bicyclic) bond motifs is 1. The SMILES string of the molecule is O=C(c1ccccc1)c1cc2ccccc2s1. The van der Waals surface area contributed by atoms with Gasteiger partial charge < -0.3 is 0 Å². The zero-order valence-electron chi connectivity index (χ0n) is 9.09. The van der Waals surface area contributed by atoms with Gasteiger partial charge in [-0.25, -0.2) is 0 Å². The summed E-state index contributed by atoms with van der Waals surface area (Å²) in [6.07, 6.45) is 0. The van der Waals surface area contributed by atoms with Crippen molar-refractivity contribution in [3.05, 3.63) is 71.1 Å². The summed E-state index contributed by atoms with van der Waals surface area (Å²) in [5.41, 5.74) is 0.749. The summed E-state index contributed by atoms with van der Waals surface area (Å²) in [5, 5.41) is 1.14. The van der Waals surface area contributed by atoms with Crippen LogP contribution in [-0.4, -0.2) is 5.78 Å². The van der Waals surface area contributed by atoms with Gasteiger partial charge in [-0.1, -0.05) is 48.5 Å². The standard InChI is InChI=1S/C15H10OS/c16-15(11-6-2-1-3-7-11)14-10-12-8-4-5-9-13(12)17-14/h1-10H. The van der Waals surface area contributed by atoms with Gasteiger partial charge in [0.1, 0.15) is 0 Å². The molecule has 0 amide bonds. The van der Waals surface area contributed by atoms with Crippen molar-refractivity contribution in [1.29, 1.82) is 0 Å². The summed E-state index contributed by atoms with van der Waals surface area (Å²) in [6, 6.07) is 19.4. The minimum Gasteiger partial charge on any atom is -0.288 e. The van der Waals surface area contributed by atoms with Gasteiger partial charge in [0.15, 0.2) is 0 Å². The summed E-state index contributed by atoms with van der Waals surface area (Å²) in [6.45, 7) is 0. The Labute approximate surface area is 103 Å². The first kappa shape index (κ1) is 10.2. The van der Waals surface area contributed by atoms with Crippen LogP contribution in [-0.2, 0) is 0 Å². The molecule has 0 aliphatic rings. The summed E-state index contributed by atoms with van der Waals surface area (Å²) in [4.78, 5) is 13.0. The van der Waals surface area contributed by atoms with E-state index in [4.69, 9.17) is 0 Å². The lowest BCUT2D eigenvalue weighted by atomic mass is 10.1. The van der Waals surface area contributed by atoms with Gasteiger partial charge in [0.2, 0.25) is 5.78 Å². The zero-order chi connectivity index (χ0) is 11.7. The predicted molar refractivity (Wildman–Crippen MR) is 71.7 cm³/mol. The lowest BCUT2D eigenvalue weighted by Crippen LogP contribution is -1.97. The molecule has 0 radical (unpaired) electrons. The second-order valence-electron chi connectivity index (χ2n) is 3.84. The first-order valence-corrected chi connectivity index (χ1v) is 6.24. The number of ketones is 1. The van der Waals surface area contributed by atoms with Gasteiger partial charge in [-0.15, -0.1) is 11.3 Å². The van der Waals surface area contributed by atoms with Crippen LogP contribution in [0.5, 0.6) is 0 Å². The normalized spacial score (nSPS) is 10.6. The molecule has 0 atom stereocenters. The van der Waals surface area contributed by atoms with Crippen molar-refractivity contribution in [3.8, 4) is 0 Å². The summed E-state index contributed by atoms with van der Waals surface area (Å²) < 4.78 is 1.16. The van der Waals surface area contributed by atoms with Gasteiger partial charge in [-0.2, -0.15) is 0 Å². The molecule has 0 saturated carbocycles. The van der Waals surface area contributed by atoms with E-state index in [-0.39, 0.29) is 5.78 Å². The van der Waals surface area contributed by atoms with Crippen molar-refractivity contribution < 1.29 is 4.79 Å². The Morgan fingerprint density at radius 1 is 0.882 bits per heavy atom. The molecular weight excluding hydrogens is 228 g/mol. The minimum atomic E-state index is 0.104. The molecular formula is C15H10OS. The van der Waals surface area contributed by atoms with Crippen LogP contribution >= 0.6 is 11.3 Å². The number of hydrogen-bond donors (Lipinski definition) is 0. The topological polar surface area (TPSA) is 17.1 Å². The Hall–Kier alpha value is -1.93. The maximum atomic E-state index is 12.2. The summed E-state index contributed by atoms with van der Waals surface area (Å²) in [5.74, 6) is 0.104. The molecule has 17 heavy (non-hydrogen) atoms. The lowest BCUT2D eigenvalue weighted by molar-refractivity contribution is 0.104. The molecule has 1 nitrogen and oxygen atoms in total. The largest absolute Gasteiger partial charge is 0.288 e. The number of rotatable bonds is 2. The number of hydrogen-bond acceptors (Lipinski definition) is 2. The van der Waals surface area contributed by atoms with E-state index in [2.05, 4.69) is 0 Å². The molecule has 0 saturated heterocycles. The number of benzene rings is 2. The van der Waals surface area contributed by atoms with Crippen molar-refractivity contribution in [1.82, 2.24) is 0 Å². The molecule has 2 aromatic carbocycles. The molecule has 0 spiro atoms. The van der Waals surface area contributed by atoms with Crippen LogP contribution in [0, 0.1) is 0 Å². The third kappa shape index (κ3) is 1.87. The van der Waals surface area contributed by atoms with Crippen LogP contribution in [0.4, 0.5) is 0 Å². The first-order valence-electron chi connectivity index (χ1n) is 5.43. The van der Waals surface area contributed by atoms with Gasteiger partial charge in [0.25, 0.3) is 0 Å². The summed E-state index contributed by atoms with van der Waals surface area (Å²) in [7, 11) is 0. The third-order valence-corrected chi connectivity index (χ3v) is 3.80. The van der Waals surface area contributed by atoms with E-state index in [1.54, 1.807) is 11.3 Å². The lowest BCUT2D eigenvalue weighted by Gasteiger charge is -1.95. The van der Waals surface area contributed by atoms with Crippen molar-refractivity contribution in [2.45, 2.75) is 0 Å². The van der Waals surface area contributed by atoms with E-state index in [0.29, 0.717) is 0 Å². The Morgan fingerprint density at radius 2 is 1.59 bits per heavy atom. The Bertz CT molecular complexity index is 634. The van der Waals surface area contributed by atoms with E-state index >= 15 is 0 Å². The molecule has 0 N–H and O–H groups in total. The second-order valence-corrected chi connectivity index (χ2v) is 4.93. The third-order valence-electron chi connectivity index (χ3n) is 2.69. The molecule has 3 rings (SSSR count). The van der Waals surface area contributed by atoms with Crippen molar-refractivity contribution in [3.63, 3.8) is 0 Å². The molecule has 1 heterocycles. The van der Waals surface area contributed by atoms with E-state index in [1.165, 1.54) is 0 Å². The molecule has 0 fully saturated rings. The Morgan fingerprint density at radius 3 is 2.35 bits per heavy atom. The van der Waals surface area contributed by atoms with Gasteiger partial charge in [0, 0.05) is 10.3 Å². The van der Waals surface area contributed by atoms with Crippen LogP contribution in [0.3, 0.4) is 0 Å². The fraction of sp³-hybridized carbons (Fsp3) is 0. The van der Waals surface area contributed by atoms with E-state index in [0.717, 1.165) is 20.5 Å². The smallest absolute Gasteiger partial charge is 0.202 e. The summed E-state index contributed by atoms with van der Waals surface area (Å²) >= 11 is 1.55. The highest BCUT2D eigenvalue weighted by molar-refractivity contribution is 7.21. The fourth-order valence-electron chi connectivity index (χ4n) is 1.83. The highest BCUT2D eigenvalue weighted by Gasteiger charge is 2.11. The average Bonchev–Trinajstić information content (AvgIpc) is 2.82. The number of carbonyl (C=O) groups excluding carboxylic acids is 1. The van der Waals surface area contributed by atoms with Crippen LogP contribution in [0.1, 0.15) is 15.2 Å². The number of thiophene rings is 1. The molecule has 0 aliphatic heterocycles. The first-order chi connectivity index (χ1) is 8.34. The Kier molecular flexibility index (Phi) is 2.50. The van der Waals surface area contributed by atoms with E-state index in [9.17, 15) is 4.79 Å². The predicted octanol–water partition coefficient (Wildman–Crippen LogP) is 4.13. The van der Waals surface area contributed by atoms with Gasteiger partial charge >= 0.3 is 0 Å². The maximum absolute atomic E-state index is 12.2. The fourth-order valence-corrected chi connectivity index (χ4v) is 2.85. The average molecular weight is 238 g/mol. The minimum absolute atomic E-state index is 0.104. The van der Waals surface area contributed by atoms with Crippen LogP contribution < -0.4 is 0 Å². The highest BCUT2D eigenvalue weighted by atomic mass is 32.1.